The summed E-state index contributed by atoms with van der Waals surface area (Å²) in [5.41, 5.74) is 1.02. The fourth-order valence-electron chi connectivity index (χ4n) is 2.46. The van der Waals surface area contributed by atoms with Gasteiger partial charge in [0.15, 0.2) is 0 Å². The lowest BCUT2D eigenvalue weighted by Crippen LogP contribution is -2.05. The Labute approximate surface area is 120 Å². The van der Waals surface area contributed by atoms with Crippen molar-refractivity contribution in [3.05, 3.63) is 59.7 Å². The first-order valence-electron chi connectivity index (χ1n) is 6.64. The molecule has 0 atom stereocenters. The molecule has 1 fully saturated rings. The highest BCUT2D eigenvalue weighted by molar-refractivity contribution is 5.66. The number of rotatable bonds is 2. The van der Waals surface area contributed by atoms with Crippen LogP contribution in [0.15, 0.2) is 48.5 Å². The third kappa shape index (κ3) is 2.52. The molecule has 2 aromatic carbocycles. The van der Waals surface area contributed by atoms with Crippen LogP contribution in [-0.2, 0) is 11.6 Å². The van der Waals surface area contributed by atoms with Crippen LogP contribution in [0.5, 0.6) is 0 Å². The summed E-state index contributed by atoms with van der Waals surface area (Å²) in [5, 5.41) is 9.22. The van der Waals surface area contributed by atoms with Crippen molar-refractivity contribution in [2.75, 3.05) is 0 Å². The molecule has 1 nitrogen and oxygen atoms in total. The molecular weight excluding hydrogens is 275 g/mol. The molecule has 3 rings (SSSR count). The minimum absolute atomic E-state index is 0.433. The van der Waals surface area contributed by atoms with Crippen molar-refractivity contribution in [1.29, 1.82) is 5.26 Å². The maximum atomic E-state index is 12.8. The van der Waals surface area contributed by atoms with E-state index in [-0.39, 0.29) is 0 Å². The lowest BCUT2D eigenvalue weighted by Gasteiger charge is -2.11. The van der Waals surface area contributed by atoms with E-state index in [1.807, 2.05) is 12.1 Å². The molecule has 0 saturated heterocycles. The van der Waals surface area contributed by atoms with Crippen molar-refractivity contribution < 1.29 is 13.2 Å². The van der Waals surface area contributed by atoms with Gasteiger partial charge in [-0.3, -0.25) is 0 Å². The largest absolute Gasteiger partial charge is 0.416 e. The molecule has 4 heteroatoms. The highest BCUT2D eigenvalue weighted by Crippen LogP contribution is 2.48. The molecule has 0 amide bonds. The summed E-state index contributed by atoms with van der Waals surface area (Å²) < 4.78 is 38.3. The molecule has 2 aromatic rings. The van der Waals surface area contributed by atoms with Crippen LogP contribution in [0.25, 0.3) is 11.1 Å². The SMILES string of the molecule is N#CC1(c2cccc(-c3cccc(C(F)(F)F)c3)c2)CC1. The van der Waals surface area contributed by atoms with Gasteiger partial charge in [-0.25, -0.2) is 0 Å². The molecule has 0 aliphatic heterocycles. The summed E-state index contributed by atoms with van der Waals surface area (Å²) in [6.07, 6.45) is -2.72. The number of nitrogens with zero attached hydrogens (tertiary/aromatic N) is 1. The smallest absolute Gasteiger partial charge is 0.197 e. The van der Waals surface area contributed by atoms with E-state index >= 15 is 0 Å². The minimum atomic E-state index is -4.35. The van der Waals surface area contributed by atoms with Gasteiger partial charge in [0.25, 0.3) is 0 Å². The zero-order valence-electron chi connectivity index (χ0n) is 11.1. The van der Waals surface area contributed by atoms with Crippen LogP contribution in [0.4, 0.5) is 13.2 Å². The number of hydrogen-bond donors (Lipinski definition) is 0. The number of benzene rings is 2. The van der Waals surface area contributed by atoms with E-state index in [2.05, 4.69) is 6.07 Å². The van der Waals surface area contributed by atoms with Crippen LogP contribution in [0, 0.1) is 11.3 Å². The Morgan fingerprint density at radius 3 is 2.14 bits per heavy atom. The summed E-state index contributed by atoms with van der Waals surface area (Å²) in [7, 11) is 0. The Hall–Kier alpha value is -2.28. The standard InChI is InChI=1S/C17H12F3N/c18-17(19,20)15-6-2-4-13(10-15)12-3-1-5-14(9-12)16(11-21)7-8-16/h1-6,9-10H,7-8H2. The van der Waals surface area contributed by atoms with E-state index in [1.54, 1.807) is 18.2 Å². The van der Waals surface area contributed by atoms with Gasteiger partial charge in [0, 0.05) is 0 Å². The first-order chi connectivity index (χ1) is 9.94. The lowest BCUT2D eigenvalue weighted by molar-refractivity contribution is -0.137. The average molecular weight is 287 g/mol. The summed E-state index contributed by atoms with van der Waals surface area (Å²) in [5.74, 6) is 0. The molecule has 1 aliphatic carbocycles. The number of alkyl halides is 3. The second-order valence-corrected chi connectivity index (χ2v) is 5.35. The fraction of sp³-hybridized carbons (Fsp3) is 0.235. The first kappa shape index (κ1) is 13.7. The monoisotopic (exact) mass is 287 g/mol. The molecule has 0 spiro atoms. The van der Waals surface area contributed by atoms with Gasteiger partial charge in [0.2, 0.25) is 0 Å². The van der Waals surface area contributed by atoms with Crippen molar-refractivity contribution in [3.8, 4) is 17.2 Å². The van der Waals surface area contributed by atoms with Gasteiger partial charge < -0.3 is 0 Å². The second kappa shape index (κ2) is 4.63. The van der Waals surface area contributed by atoms with Gasteiger partial charge in [-0.2, -0.15) is 18.4 Å². The maximum Gasteiger partial charge on any atom is 0.416 e. The number of hydrogen-bond acceptors (Lipinski definition) is 1. The zero-order chi connectivity index (χ0) is 15.1. The van der Waals surface area contributed by atoms with E-state index in [1.165, 1.54) is 6.07 Å². The van der Waals surface area contributed by atoms with Crippen molar-refractivity contribution in [3.63, 3.8) is 0 Å². The highest BCUT2D eigenvalue weighted by atomic mass is 19.4. The fourth-order valence-corrected chi connectivity index (χ4v) is 2.46. The Morgan fingerprint density at radius 2 is 1.57 bits per heavy atom. The molecule has 0 unspecified atom stereocenters. The van der Waals surface area contributed by atoms with Gasteiger partial charge >= 0.3 is 6.18 Å². The van der Waals surface area contributed by atoms with Gasteiger partial charge in [-0.1, -0.05) is 30.3 Å². The summed E-state index contributed by atoms with van der Waals surface area (Å²) in [4.78, 5) is 0. The normalized spacial score (nSPS) is 16.3. The number of nitriles is 1. The summed E-state index contributed by atoms with van der Waals surface area (Å²) >= 11 is 0. The van der Waals surface area contributed by atoms with Gasteiger partial charge in [0.05, 0.1) is 17.0 Å². The first-order valence-corrected chi connectivity index (χ1v) is 6.64. The molecule has 0 N–H and O–H groups in total. The van der Waals surface area contributed by atoms with E-state index in [0.29, 0.717) is 11.1 Å². The molecule has 106 valence electrons. The van der Waals surface area contributed by atoms with Crippen LogP contribution < -0.4 is 0 Å². The predicted octanol–water partition coefficient (Wildman–Crippen LogP) is 4.93. The Morgan fingerprint density at radius 1 is 0.952 bits per heavy atom. The molecule has 0 aromatic heterocycles. The summed E-state index contributed by atoms with van der Waals surface area (Å²) in [6, 6.07) is 14.8. The highest BCUT2D eigenvalue weighted by Gasteiger charge is 2.44. The molecule has 0 heterocycles. The van der Waals surface area contributed by atoms with Gasteiger partial charge in [0.1, 0.15) is 0 Å². The van der Waals surface area contributed by atoms with Crippen molar-refractivity contribution in [2.24, 2.45) is 0 Å². The Kier molecular flexibility index (Phi) is 3.02. The molecule has 1 saturated carbocycles. The van der Waals surface area contributed by atoms with Gasteiger partial charge in [-0.05, 0) is 47.7 Å². The Balaban J connectivity index is 2.02. The van der Waals surface area contributed by atoms with Crippen LogP contribution in [0.2, 0.25) is 0 Å². The third-order valence-corrected chi connectivity index (χ3v) is 3.90. The molecule has 0 bridgehead atoms. The Bertz CT molecular complexity index is 721. The van der Waals surface area contributed by atoms with E-state index < -0.39 is 17.2 Å². The summed E-state index contributed by atoms with van der Waals surface area (Å²) in [6.45, 7) is 0. The number of halogens is 3. The van der Waals surface area contributed by atoms with Crippen molar-refractivity contribution in [2.45, 2.75) is 24.4 Å². The molecule has 21 heavy (non-hydrogen) atoms. The maximum absolute atomic E-state index is 12.8. The van der Waals surface area contributed by atoms with E-state index in [0.717, 1.165) is 30.5 Å². The van der Waals surface area contributed by atoms with Crippen LogP contribution in [0.3, 0.4) is 0 Å². The third-order valence-electron chi connectivity index (χ3n) is 3.90. The van der Waals surface area contributed by atoms with E-state index in [4.69, 9.17) is 0 Å². The van der Waals surface area contributed by atoms with Crippen LogP contribution in [0.1, 0.15) is 24.0 Å². The molecule has 0 radical (unpaired) electrons. The zero-order valence-corrected chi connectivity index (χ0v) is 11.1. The van der Waals surface area contributed by atoms with Crippen LogP contribution >= 0.6 is 0 Å². The topological polar surface area (TPSA) is 23.8 Å². The lowest BCUT2D eigenvalue weighted by atomic mass is 9.93. The predicted molar refractivity (Wildman–Crippen MR) is 73.4 cm³/mol. The minimum Gasteiger partial charge on any atom is -0.197 e. The van der Waals surface area contributed by atoms with Crippen molar-refractivity contribution in [1.82, 2.24) is 0 Å². The average Bonchev–Trinajstić information content (AvgIpc) is 3.28. The second-order valence-electron chi connectivity index (χ2n) is 5.35. The molecule has 1 aliphatic rings. The molecular formula is C17H12F3N. The van der Waals surface area contributed by atoms with Gasteiger partial charge in [-0.15, -0.1) is 0 Å². The quantitative estimate of drug-likeness (QED) is 0.768. The van der Waals surface area contributed by atoms with E-state index in [9.17, 15) is 18.4 Å². The van der Waals surface area contributed by atoms with Crippen LogP contribution in [-0.4, -0.2) is 0 Å². The van der Waals surface area contributed by atoms with Crippen molar-refractivity contribution >= 4 is 0 Å².